The number of nitrogens with zero attached hydrogens (tertiary/aromatic N) is 5. The average Bonchev–Trinajstić information content (AvgIpc) is 3.46. The maximum absolute atomic E-state index is 14.0. The first-order valence-electron chi connectivity index (χ1n) is 15.2. The van der Waals surface area contributed by atoms with Gasteiger partial charge in [0.1, 0.15) is 18.6 Å². The second-order valence-electron chi connectivity index (χ2n) is 11.0. The van der Waals surface area contributed by atoms with E-state index in [0.717, 1.165) is 81.6 Å². The Bertz CT molecular complexity index is 1480. The molecule has 13 heteroatoms. The van der Waals surface area contributed by atoms with E-state index in [4.69, 9.17) is 14.7 Å². The molecule has 0 spiro atoms. The van der Waals surface area contributed by atoms with Crippen LogP contribution in [0.15, 0.2) is 36.5 Å². The predicted molar refractivity (Wildman–Crippen MR) is 176 cm³/mol. The molecule has 0 bridgehead atoms. The Morgan fingerprint density at radius 2 is 1.66 bits per heavy atom. The van der Waals surface area contributed by atoms with E-state index in [-0.39, 0.29) is 29.4 Å². The molecular weight excluding hydrogens is 610 g/mol. The lowest BCUT2D eigenvalue weighted by Crippen LogP contribution is -2.32. The molecule has 2 aromatic carbocycles. The normalized spacial score (nSPS) is 14.9. The Kier molecular flexibility index (Phi) is 16.9. The van der Waals surface area contributed by atoms with Crippen LogP contribution < -0.4 is 10.1 Å². The number of carbonyl (C=O) groups is 3. The molecule has 11 nitrogen and oxygen atoms in total. The van der Waals surface area contributed by atoms with Gasteiger partial charge in [-0.05, 0) is 82.8 Å². The van der Waals surface area contributed by atoms with E-state index >= 15 is 0 Å². The summed E-state index contributed by atoms with van der Waals surface area (Å²) < 4.78 is 39.0. The minimum absolute atomic E-state index is 0.0464. The highest BCUT2D eigenvalue weighted by atomic mass is 19.2. The summed E-state index contributed by atoms with van der Waals surface area (Å²) in [5.41, 5.74) is 3.01. The number of imidazole rings is 1. The quantitative estimate of drug-likeness (QED) is 0.366. The topological polar surface area (TPSA) is 130 Å². The van der Waals surface area contributed by atoms with Crippen LogP contribution >= 0.6 is 0 Å². The van der Waals surface area contributed by atoms with Gasteiger partial charge in [0.05, 0.1) is 25.1 Å². The smallest absolute Gasteiger partial charge is 0.201 e. The van der Waals surface area contributed by atoms with Gasteiger partial charge in [0.15, 0.2) is 30.3 Å². The number of nitriles is 1. The molecule has 2 saturated heterocycles. The fourth-order valence-electron chi connectivity index (χ4n) is 4.52. The highest BCUT2D eigenvalue weighted by Crippen LogP contribution is 2.29. The van der Waals surface area contributed by atoms with Crippen molar-refractivity contribution in [1.29, 1.82) is 5.26 Å². The molecule has 0 radical (unpaired) electrons. The summed E-state index contributed by atoms with van der Waals surface area (Å²) in [5, 5.41) is 11.4. The van der Waals surface area contributed by atoms with E-state index in [9.17, 15) is 23.2 Å². The molecule has 2 fully saturated rings. The molecule has 2 aliphatic heterocycles. The molecule has 0 aliphatic carbocycles. The van der Waals surface area contributed by atoms with Crippen molar-refractivity contribution in [1.82, 2.24) is 19.4 Å². The molecule has 3 heterocycles. The summed E-state index contributed by atoms with van der Waals surface area (Å²) in [6.45, 7) is 7.74. The molecule has 47 heavy (non-hydrogen) atoms. The lowest BCUT2D eigenvalue weighted by molar-refractivity contribution is -0.112. The van der Waals surface area contributed by atoms with Crippen LogP contribution in [0, 0.1) is 35.8 Å². The number of halogens is 2. The Morgan fingerprint density at radius 3 is 2.15 bits per heavy atom. The van der Waals surface area contributed by atoms with Gasteiger partial charge in [0.25, 0.3) is 0 Å². The van der Waals surface area contributed by atoms with Gasteiger partial charge in [0, 0.05) is 49.9 Å². The molecule has 0 saturated carbocycles. The lowest BCUT2D eigenvalue weighted by atomic mass is 9.99. The zero-order valence-corrected chi connectivity index (χ0v) is 27.7. The molecule has 5 rings (SSSR count). The number of likely N-dealkylation sites (tertiary alicyclic amines) is 1. The van der Waals surface area contributed by atoms with Crippen LogP contribution in [0.25, 0.3) is 11.3 Å². The van der Waals surface area contributed by atoms with Gasteiger partial charge < -0.3 is 34.0 Å². The van der Waals surface area contributed by atoms with Crippen molar-refractivity contribution >= 4 is 24.5 Å². The van der Waals surface area contributed by atoms with E-state index in [2.05, 4.69) is 34.2 Å². The van der Waals surface area contributed by atoms with Crippen molar-refractivity contribution in [2.24, 2.45) is 13.0 Å². The van der Waals surface area contributed by atoms with Gasteiger partial charge in [-0.3, -0.25) is 9.59 Å². The average molecular weight is 655 g/mol. The number of nitrogens with one attached hydrogen (secondary N) is 1. The number of hydrogen-bond donors (Lipinski definition) is 1. The highest BCUT2D eigenvalue weighted by molar-refractivity contribution is 5.78. The fourth-order valence-corrected chi connectivity index (χ4v) is 4.52. The van der Waals surface area contributed by atoms with Crippen LogP contribution in [0.5, 0.6) is 5.75 Å². The number of carbonyl (C=O) groups excluding carboxylic acids is 3. The van der Waals surface area contributed by atoms with Crippen molar-refractivity contribution in [3.05, 3.63) is 65.1 Å². The number of aryl methyl sites for hydroxylation is 1. The van der Waals surface area contributed by atoms with Crippen molar-refractivity contribution in [3.63, 3.8) is 0 Å². The second-order valence-corrected chi connectivity index (χ2v) is 11.0. The number of anilines is 1. The number of ether oxygens (including phenoxy) is 2. The predicted octanol–water partition coefficient (Wildman–Crippen LogP) is 4.40. The zero-order valence-electron chi connectivity index (χ0n) is 27.7. The number of likely N-dealkylation sites (N-methyl/N-ethyl adjacent to an activating group) is 1. The summed E-state index contributed by atoms with van der Waals surface area (Å²) in [4.78, 5) is 39.7. The molecule has 0 unspecified atom stereocenters. The van der Waals surface area contributed by atoms with Crippen LogP contribution in [-0.2, 0) is 16.6 Å². The molecule has 3 aromatic rings. The van der Waals surface area contributed by atoms with Crippen molar-refractivity contribution < 1.29 is 32.6 Å². The monoisotopic (exact) mass is 654 g/mol. The van der Waals surface area contributed by atoms with Gasteiger partial charge in [-0.1, -0.05) is 0 Å². The number of benzene rings is 2. The maximum atomic E-state index is 14.0. The van der Waals surface area contributed by atoms with Gasteiger partial charge in [-0.15, -0.1) is 0 Å². The molecule has 254 valence electrons. The summed E-state index contributed by atoms with van der Waals surface area (Å²) in [5.74, 6) is -2.20. The van der Waals surface area contributed by atoms with Crippen LogP contribution in [0.1, 0.15) is 39.4 Å². The standard InChI is InChI=1S/C13H9F2N3O2.C9H11NO.C7H13NO.C5H11NO/c1-18-9(6-17-11(18)7-19)8-2-3-10(20-5-4-16)13(15)12(8)14;1-7-5-9(10-2)4-3-8(7)6-11;1-8-4-2-7(6-9)3-5-8;1-6-2-4-7-5-3-6/h2-3,6-7H,5H2,1H3;3-6,10H,1-2H3;6-7H,2-5H2,1H3;2-5H2,1H3. The summed E-state index contributed by atoms with van der Waals surface area (Å²) in [6.07, 6.45) is 5.86. The third-order valence-electron chi connectivity index (χ3n) is 7.62. The van der Waals surface area contributed by atoms with Gasteiger partial charge in [0.2, 0.25) is 5.82 Å². The largest absolute Gasteiger partial charge is 0.476 e. The Labute approximate surface area is 275 Å². The summed E-state index contributed by atoms with van der Waals surface area (Å²) in [7, 11) is 7.59. The molecular formula is C34H44F2N6O5. The van der Waals surface area contributed by atoms with E-state index in [0.29, 0.717) is 12.2 Å². The van der Waals surface area contributed by atoms with E-state index in [1.807, 2.05) is 32.2 Å². The third kappa shape index (κ3) is 12.3. The van der Waals surface area contributed by atoms with Crippen LogP contribution in [-0.4, -0.2) is 105 Å². The Balaban J connectivity index is 0.000000239. The van der Waals surface area contributed by atoms with Crippen molar-refractivity contribution in [2.45, 2.75) is 19.8 Å². The Hall–Kier alpha value is -4.51. The van der Waals surface area contributed by atoms with Crippen LogP contribution in [0.4, 0.5) is 14.5 Å². The number of hydrogen-bond acceptors (Lipinski definition) is 10. The molecule has 1 N–H and O–H groups in total. The van der Waals surface area contributed by atoms with Crippen LogP contribution in [0.2, 0.25) is 0 Å². The molecule has 0 amide bonds. The molecule has 0 atom stereocenters. The number of morpholine rings is 1. The summed E-state index contributed by atoms with van der Waals surface area (Å²) >= 11 is 0. The fraction of sp³-hybridized carbons (Fsp3) is 0.441. The minimum atomic E-state index is -1.19. The highest BCUT2D eigenvalue weighted by Gasteiger charge is 2.19. The first kappa shape index (κ1) is 38.7. The second kappa shape index (κ2) is 20.6. The molecule has 1 aromatic heterocycles. The number of piperidine rings is 1. The molecule has 2 aliphatic rings. The number of rotatable bonds is 7. The Morgan fingerprint density at radius 1 is 1.00 bits per heavy atom. The first-order chi connectivity index (χ1) is 22.6. The van der Waals surface area contributed by atoms with Crippen molar-refractivity contribution in [2.75, 3.05) is 72.5 Å². The van der Waals surface area contributed by atoms with Crippen LogP contribution in [0.3, 0.4) is 0 Å². The number of aromatic nitrogens is 2. The van der Waals surface area contributed by atoms with Gasteiger partial charge >= 0.3 is 0 Å². The first-order valence-corrected chi connectivity index (χ1v) is 15.2. The minimum Gasteiger partial charge on any atom is -0.476 e. The number of aldehydes is 3. The van der Waals surface area contributed by atoms with Gasteiger partial charge in [-0.2, -0.15) is 9.65 Å². The SMILES string of the molecule is CN1CCC(C=O)CC1.CN1CCOCC1.CNc1ccc(C=O)c(C)c1.Cn1c(-c2ccc(OCC#N)c(F)c2F)cnc1C=O. The zero-order chi connectivity index (χ0) is 34.8. The van der Waals surface area contributed by atoms with Crippen molar-refractivity contribution in [3.8, 4) is 23.1 Å². The van der Waals surface area contributed by atoms with Gasteiger partial charge in [-0.25, -0.2) is 9.37 Å². The van der Waals surface area contributed by atoms with E-state index in [1.54, 1.807) is 6.07 Å². The van der Waals surface area contributed by atoms with E-state index < -0.39 is 11.6 Å². The lowest BCUT2D eigenvalue weighted by Gasteiger charge is -2.25. The maximum Gasteiger partial charge on any atom is 0.201 e. The third-order valence-corrected chi connectivity index (χ3v) is 7.62. The summed E-state index contributed by atoms with van der Waals surface area (Å²) in [6, 6.07) is 9.84. The van der Waals surface area contributed by atoms with E-state index in [1.165, 1.54) is 29.9 Å².